The van der Waals surface area contributed by atoms with E-state index in [-0.39, 0.29) is 24.0 Å². The quantitative estimate of drug-likeness (QED) is 0.156. The highest BCUT2D eigenvalue weighted by molar-refractivity contribution is 8.27. The standard InChI is InChI=1S/C25H19FN2O5S2/c1-2-32-22-13-17(5-12-21(22)33-15-16-3-6-18(26)7-4-16)14-23-24(29)27(25(34)35-23)19-8-10-20(11-9-19)28(30)31/h3-14H,2,15H2,1H3/b23-14+. The number of nitro groups is 1. The van der Waals surface area contributed by atoms with Crippen LogP contribution in [0.25, 0.3) is 6.08 Å². The van der Waals surface area contributed by atoms with E-state index in [0.29, 0.717) is 38.6 Å². The molecule has 7 nitrogen and oxygen atoms in total. The molecular weight excluding hydrogens is 491 g/mol. The largest absolute Gasteiger partial charge is 0.490 e. The summed E-state index contributed by atoms with van der Waals surface area (Å²) in [7, 11) is 0. The van der Waals surface area contributed by atoms with Crippen molar-refractivity contribution in [3.05, 3.63) is 98.7 Å². The minimum absolute atomic E-state index is 0.0695. The zero-order valence-corrected chi connectivity index (χ0v) is 20.1. The van der Waals surface area contributed by atoms with Gasteiger partial charge in [-0.1, -0.05) is 42.2 Å². The molecular formula is C25H19FN2O5S2. The van der Waals surface area contributed by atoms with E-state index in [2.05, 4.69) is 0 Å². The van der Waals surface area contributed by atoms with Crippen molar-refractivity contribution in [2.45, 2.75) is 13.5 Å². The molecule has 1 heterocycles. The zero-order chi connectivity index (χ0) is 24.9. The van der Waals surface area contributed by atoms with Crippen molar-refractivity contribution in [2.24, 2.45) is 0 Å². The number of hydrogen-bond acceptors (Lipinski definition) is 7. The van der Waals surface area contributed by atoms with E-state index in [1.807, 2.05) is 6.92 Å². The summed E-state index contributed by atoms with van der Waals surface area (Å²) in [5, 5.41) is 10.9. The second-order valence-corrected chi connectivity index (χ2v) is 9.02. The molecule has 0 atom stereocenters. The van der Waals surface area contributed by atoms with Gasteiger partial charge in [-0.05, 0) is 60.5 Å². The molecule has 0 N–H and O–H groups in total. The molecule has 0 spiro atoms. The van der Waals surface area contributed by atoms with Crippen LogP contribution in [0, 0.1) is 15.9 Å². The van der Waals surface area contributed by atoms with Crippen LogP contribution in [-0.2, 0) is 11.4 Å². The number of carbonyl (C=O) groups is 1. The van der Waals surface area contributed by atoms with E-state index >= 15 is 0 Å². The second kappa shape index (κ2) is 10.7. The molecule has 1 aliphatic rings. The lowest BCUT2D eigenvalue weighted by Gasteiger charge is -2.14. The van der Waals surface area contributed by atoms with Gasteiger partial charge in [0.2, 0.25) is 0 Å². The van der Waals surface area contributed by atoms with Crippen LogP contribution in [0.5, 0.6) is 11.5 Å². The number of non-ortho nitro benzene ring substituents is 1. The Hall–Kier alpha value is -3.76. The third-order valence-corrected chi connectivity index (χ3v) is 6.29. The van der Waals surface area contributed by atoms with Gasteiger partial charge in [-0.15, -0.1) is 0 Å². The first-order valence-corrected chi connectivity index (χ1v) is 11.7. The van der Waals surface area contributed by atoms with Crippen molar-refractivity contribution in [1.82, 2.24) is 0 Å². The predicted octanol–water partition coefficient (Wildman–Crippen LogP) is 6.12. The van der Waals surface area contributed by atoms with Crippen LogP contribution in [0.2, 0.25) is 0 Å². The van der Waals surface area contributed by atoms with Crippen LogP contribution in [-0.4, -0.2) is 21.8 Å². The smallest absolute Gasteiger partial charge is 0.270 e. The van der Waals surface area contributed by atoms with Crippen LogP contribution in [0.4, 0.5) is 15.8 Å². The Morgan fingerprint density at radius 2 is 1.77 bits per heavy atom. The first-order chi connectivity index (χ1) is 16.9. The van der Waals surface area contributed by atoms with E-state index in [1.165, 1.54) is 41.3 Å². The highest BCUT2D eigenvalue weighted by atomic mass is 32.2. The highest BCUT2D eigenvalue weighted by Gasteiger charge is 2.33. The molecule has 1 saturated heterocycles. The van der Waals surface area contributed by atoms with Crippen LogP contribution < -0.4 is 14.4 Å². The lowest BCUT2D eigenvalue weighted by Crippen LogP contribution is -2.27. The molecule has 1 fully saturated rings. The minimum Gasteiger partial charge on any atom is -0.490 e. The molecule has 0 aliphatic carbocycles. The summed E-state index contributed by atoms with van der Waals surface area (Å²) in [5.41, 5.74) is 1.92. The van der Waals surface area contributed by atoms with Crippen LogP contribution >= 0.6 is 24.0 Å². The maximum atomic E-state index is 13.1. The maximum absolute atomic E-state index is 13.1. The molecule has 3 aromatic rings. The third kappa shape index (κ3) is 5.67. The molecule has 35 heavy (non-hydrogen) atoms. The maximum Gasteiger partial charge on any atom is 0.270 e. The van der Waals surface area contributed by atoms with Crippen molar-refractivity contribution in [3.8, 4) is 11.5 Å². The number of anilines is 1. The molecule has 0 aromatic heterocycles. The van der Waals surface area contributed by atoms with Gasteiger partial charge in [0.25, 0.3) is 11.6 Å². The third-order valence-electron chi connectivity index (χ3n) is 4.99. The molecule has 0 saturated carbocycles. The fraction of sp³-hybridized carbons (Fsp3) is 0.120. The van der Waals surface area contributed by atoms with Gasteiger partial charge in [0.1, 0.15) is 12.4 Å². The number of hydrogen-bond donors (Lipinski definition) is 0. The number of amides is 1. The summed E-state index contributed by atoms with van der Waals surface area (Å²) in [6.07, 6.45) is 1.71. The number of rotatable bonds is 8. The van der Waals surface area contributed by atoms with Gasteiger partial charge >= 0.3 is 0 Å². The van der Waals surface area contributed by atoms with E-state index < -0.39 is 4.92 Å². The summed E-state index contributed by atoms with van der Waals surface area (Å²) in [6.45, 7) is 2.51. The van der Waals surface area contributed by atoms with Crippen LogP contribution in [0.3, 0.4) is 0 Å². The van der Waals surface area contributed by atoms with Gasteiger partial charge in [-0.3, -0.25) is 19.8 Å². The van der Waals surface area contributed by atoms with Crippen molar-refractivity contribution < 1.29 is 23.6 Å². The summed E-state index contributed by atoms with van der Waals surface area (Å²) in [6, 6.07) is 17.0. The van der Waals surface area contributed by atoms with Gasteiger partial charge in [-0.2, -0.15) is 0 Å². The molecule has 0 radical (unpaired) electrons. The van der Waals surface area contributed by atoms with E-state index in [4.69, 9.17) is 21.7 Å². The Morgan fingerprint density at radius 3 is 2.43 bits per heavy atom. The number of benzene rings is 3. The summed E-state index contributed by atoms with van der Waals surface area (Å²) >= 11 is 6.53. The van der Waals surface area contributed by atoms with Gasteiger partial charge in [-0.25, -0.2) is 4.39 Å². The number of nitro benzene ring substituents is 1. The summed E-state index contributed by atoms with van der Waals surface area (Å²) in [5.74, 6) is 0.400. The Morgan fingerprint density at radius 1 is 1.06 bits per heavy atom. The molecule has 3 aromatic carbocycles. The predicted molar refractivity (Wildman–Crippen MR) is 137 cm³/mol. The number of thiocarbonyl (C=S) groups is 1. The summed E-state index contributed by atoms with van der Waals surface area (Å²) in [4.78, 5) is 25.2. The Labute approximate surface area is 210 Å². The first kappa shape index (κ1) is 24.4. The average Bonchev–Trinajstić information content (AvgIpc) is 3.12. The molecule has 4 rings (SSSR count). The fourth-order valence-electron chi connectivity index (χ4n) is 3.31. The lowest BCUT2D eigenvalue weighted by molar-refractivity contribution is -0.384. The van der Waals surface area contributed by atoms with E-state index in [1.54, 1.807) is 36.4 Å². The Balaban J connectivity index is 1.53. The number of halogens is 1. The van der Waals surface area contributed by atoms with Gasteiger partial charge in [0, 0.05) is 12.1 Å². The van der Waals surface area contributed by atoms with Gasteiger partial charge in [0.15, 0.2) is 15.8 Å². The lowest BCUT2D eigenvalue weighted by atomic mass is 10.1. The van der Waals surface area contributed by atoms with E-state index in [0.717, 1.165) is 17.3 Å². The van der Waals surface area contributed by atoms with Crippen LogP contribution in [0.1, 0.15) is 18.1 Å². The number of thioether (sulfide) groups is 1. The molecule has 0 bridgehead atoms. The molecule has 0 unspecified atom stereocenters. The highest BCUT2D eigenvalue weighted by Crippen LogP contribution is 2.37. The first-order valence-electron chi connectivity index (χ1n) is 10.5. The number of nitrogens with zero attached hydrogens (tertiary/aromatic N) is 2. The van der Waals surface area contributed by atoms with Crippen molar-refractivity contribution in [2.75, 3.05) is 11.5 Å². The summed E-state index contributed by atoms with van der Waals surface area (Å²) < 4.78 is 25.0. The molecule has 10 heteroatoms. The number of ether oxygens (including phenoxy) is 2. The van der Waals surface area contributed by atoms with Gasteiger partial charge < -0.3 is 9.47 Å². The monoisotopic (exact) mass is 510 g/mol. The zero-order valence-electron chi connectivity index (χ0n) is 18.5. The fourth-order valence-corrected chi connectivity index (χ4v) is 4.61. The normalized spacial score (nSPS) is 14.5. The van der Waals surface area contributed by atoms with Crippen molar-refractivity contribution in [3.63, 3.8) is 0 Å². The Kier molecular flexibility index (Phi) is 7.42. The molecule has 178 valence electrons. The van der Waals surface area contributed by atoms with Crippen molar-refractivity contribution >= 4 is 51.7 Å². The minimum atomic E-state index is -0.503. The number of carbonyl (C=O) groups excluding carboxylic acids is 1. The van der Waals surface area contributed by atoms with E-state index in [9.17, 15) is 19.3 Å². The average molecular weight is 511 g/mol. The second-order valence-electron chi connectivity index (χ2n) is 7.34. The molecule has 1 amide bonds. The van der Waals surface area contributed by atoms with Gasteiger partial charge in [0.05, 0.1) is 22.1 Å². The topological polar surface area (TPSA) is 81.9 Å². The Bertz CT molecular complexity index is 1310. The van der Waals surface area contributed by atoms with Crippen molar-refractivity contribution in [1.29, 1.82) is 0 Å². The van der Waals surface area contributed by atoms with Crippen LogP contribution in [0.15, 0.2) is 71.6 Å². The SMILES string of the molecule is CCOc1cc(/C=C2/SC(=S)N(c3ccc([N+](=O)[O-])cc3)C2=O)ccc1OCc1ccc(F)cc1. The molecule has 1 aliphatic heterocycles.